The molecule has 122 valence electrons. The van der Waals surface area contributed by atoms with Crippen molar-refractivity contribution in [1.82, 2.24) is 9.88 Å². The van der Waals surface area contributed by atoms with Crippen LogP contribution in [0.15, 0.2) is 35.7 Å². The van der Waals surface area contributed by atoms with Crippen molar-refractivity contribution in [3.63, 3.8) is 0 Å². The number of hydrogen-bond donors (Lipinski definition) is 1. The molecule has 1 aromatic heterocycles. The fourth-order valence-corrected chi connectivity index (χ4v) is 2.71. The zero-order valence-corrected chi connectivity index (χ0v) is 14.4. The zero-order valence-electron chi connectivity index (χ0n) is 13.6. The lowest BCUT2D eigenvalue weighted by molar-refractivity contribution is -0.131. The summed E-state index contributed by atoms with van der Waals surface area (Å²) < 4.78 is 0. The summed E-state index contributed by atoms with van der Waals surface area (Å²) in [5, 5.41) is 5.07. The number of hydrogen-bond acceptors (Lipinski definition) is 4. The lowest BCUT2D eigenvalue weighted by atomic mass is 10.2. The summed E-state index contributed by atoms with van der Waals surface area (Å²) >= 11 is 1.33. The second-order valence-corrected chi connectivity index (χ2v) is 6.26. The molecule has 23 heavy (non-hydrogen) atoms. The zero-order chi connectivity index (χ0) is 16.8. The number of carbonyl (C=O) groups is 2. The van der Waals surface area contributed by atoms with Gasteiger partial charge in [0.15, 0.2) is 5.13 Å². The Hall–Kier alpha value is -2.21. The predicted octanol–water partition coefficient (Wildman–Crippen LogP) is 3.19. The molecule has 0 aliphatic rings. The summed E-state index contributed by atoms with van der Waals surface area (Å²) in [6.07, 6.45) is 1.16. The Kier molecular flexibility index (Phi) is 5.87. The van der Waals surface area contributed by atoms with Crippen molar-refractivity contribution in [2.24, 2.45) is 0 Å². The standard InChI is InChI=1S/C17H21N3O2S/c1-4-12(2)20(3)15(21)10-14-11-23-17(18-14)19-16(22)13-8-6-5-7-9-13/h5-9,11-12H,4,10H2,1-3H3,(H,18,19,22). The summed E-state index contributed by atoms with van der Waals surface area (Å²) in [7, 11) is 1.81. The molecule has 0 saturated heterocycles. The van der Waals surface area contributed by atoms with Gasteiger partial charge in [-0.05, 0) is 25.5 Å². The number of anilines is 1. The van der Waals surface area contributed by atoms with Gasteiger partial charge < -0.3 is 4.90 Å². The van der Waals surface area contributed by atoms with E-state index in [1.54, 1.807) is 24.1 Å². The van der Waals surface area contributed by atoms with Gasteiger partial charge in [0, 0.05) is 24.0 Å². The molecule has 2 rings (SSSR count). The highest BCUT2D eigenvalue weighted by Crippen LogP contribution is 2.17. The van der Waals surface area contributed by atoms with E-state index in [2.05, 4.69) is 17.2 Å². The van der Waals surface area contributed by atoms with E-state index in [9.17, 15) is 9.59 Å². The topological polar surface area (TPSA) is 62.3 Å². The van der Waals surface area contributed by atoms with Crippen molar-refractivity contribution in [2.75, 3.05) is 12.4 Å². The number of thiazole rings is 1. The SMILES string of the molecule is CCC(C)N(C)C(=O)Cc1csc(NC(=O)c2ccccc2)n1. The van der Waals surface area contributed by atoms with E-state index in [1.807, 2.05) is 30.5 Å². The van der Waals surface area contributed by atoms with Gasteiger partial charge in [-0.2, -0.15) is 0 Å². The van der Waals surface area contributed by atoms with Crippen LogP contribution in [-0.2, 0) is 11.2 Å². The van der Waals surface area contributed by atoms with E-state index in [0.29, 0.717) is 16.4 Å². The molecule has 0 spiro atoms. The second-order valence-electron chi connectivity index (χ2n) is 5.40. The van der Waals surface area contributed by atoms with Gasteiger partial charge in [-0.15, -0.1) is 11.3 Å². The third kappa shape index (κ3) is 4.63. The minimum Gasteiger partial charge on any atom is -0.343 e. The first kappa shape index (κ1) is 17.1. The van der Waals surface area contributed by atoms with Crippen LogP contribution >= 0.6 is 11.3 Å². The smallest absolute Gasteiger partial charge is 0.257 e. The number of likely N-dealkylation sites (N-methyl/N-ethyl adjacent to an activating group) is 1. The number of aromatic nitrogens is 1. The van der Waals surface area contributed by atoms with E-state index < -0.39 is 0 Å². The Morgan fingerprint density at radius 2 is 2.00 bits per heavy atom. The Morgan fingerprint density at radius 3 is 2.65 bits per heavy atom. The van der Waals surface area contributed by atoms with Gasteiger partial charge in [-0.3, -0.25) is 14.9 Å². The largest absolute Gasteiger partial charge is 0.343 e. The summed E-state index contributed by atoms with van der Waals surface area (Å²) in [6.45, 7) is 4.07. The molecule has 0 radical (unpaired) electrons. The first-order valence-electron chi connectivity index (χ1n) is 7.57. The van der Waals surface area contributed by atoms with E-state index in [1.165, 1.54) is 11.3 Å². The molecule has 2 amide bonds. The van der Waals surface area contributed by atoms with Crippen molar-refractivity contribution in [3.05, 3.63) is 47.0 Å². The maximum atomic E-state index is 12.2. The molecule has 1 atom stereocenters. The van der Waals surface area contributed by atoms with Crippen LogP contribution in [0.5, 0.6) is 0 Å². The van der Waals surface area contributed by atoms with Crippen LogP contribution < -0.4 is 5.32 Å². The maximum Gasteiger partial charge on any atom is 0.257 e. The quantitative estimate of drug-likeness (QED) is 0.884. The highest BCUT2D eigenvalue weighted by Gasteiger charge is 2.16. The van der Waals surface area contributed by atoms with Crippen LogP contribution in [0.1, 0.15) is 36.3 Å². The van der Waals surface area contributed by atoms with E-state index in [4.69, 9.17) is 0 Å². The number of carbonyl (C=O) groups excluding carboxylic acids is 2. The molecule has 0 aliphatic heterocycles. The molecule has 0 saturated carbocycles. The van der Waals surface area contributed by atoms with Crippen molar-refractivity contribution in [3.8, 4) is 0 Å². The summed E-state index contributed by atoms with van der Waals surface area (Å²) in [5.41, 5.74) is 1.26. The normalized spacial score (nSPS) is 11.8. The van der Waals surface area contributed by atoms with Gasteiger partial charge >= 0.3 is 0 Å². The average molecular weight is 331 g/mol. The minimum atomic E-state index is -0.199. The van der Waals surface area contributed by atoms with Crippen molar-refractivity contribution in [1.29, 1.82) is 0 Å². The molecule has 1 unspecified atom stereocenters. The van der Waals surface area contributed by atoms with Gasteiger partial charge in [0.05, 0.1) is 12.1 Å². The number of rotatable bonds is 6. The number of amides is 2. The first-order valence-corrected chi connectivity index (χ1v) is 8.45. The van der Waals surface area contributed by atoms with Gasteiger partial charge in [-0.25, -0.2) is 4.98 Å². The molecule has 1 heterocycles. The number of benzene rings is 1. The molecule has 5 nitrogen and oxygen atoms in total. The Morgan fingerprint density at radius 1 is 1.30 bits per heavy atom. The van der Waals surface area contributed by atoms with Crippen molar-refractivity contribution < 1.29 is 9.59 Å². The number of nitrogens with zero attached hydrogens (tertiary/aromatic N) is 2. The summed E-state index contributed by atoms with van der Waals surface area (Å²) in [6, 6.07) is 9.18. The minimum absolute atomic E-state index is 0.0329. The van der Waals surface area contributed by atoms with Crippen LogP contribution in [0, 0.1) is 0 Å². The van der Waals surface area contributed by atoms with E-state index in [0.717, 1.165) is 6.42 Å². The molecule has 0 bridgehead atoms. The summed E-state index contributed by atoms with van der Waals surface area (Å²) in [4.78, 5) is 30.3. The highest BCUT2D eigenvalue weighted by atomic mass is 32.1. The first-order chi connectivity index (χ1) is 11.0. The Balaban J connectivity index is 1.96. The maximum absolute atomic E-state index is 12.2. The molecular formula is C17H21N3O2S. The van der Waals surface area contributed by atoms with Gasteiger partial charge in [0.1, 0.15) is 0 Å². The third-order valence-electron chi connectivity index (χ3n) is 3.79. The number of nitrogens with one attached hydrogen (secondary N) is 1. The predicted molar refractivity (Wildman–Crippen MR) is 92.7 cm³/mol. The molecule has 2 aromatic rings. The molecular weight excluding hydrogens is 310 g/mol. The Labute approximate surface area is 140 Å². The molecule has 0 aliphatic carbocycles. The molecule has 1 N–H and O–H groups in total. The highest BCUT2D eigenvalue weighted by molar-refractivity contribution is 7.14. The third-order valence-corrected chi connectivity index (χ3v) is 4.59. The fourth-order valence-electron chi connectivity index (χ4n) is 2.00. The van der Waals surface area contributed by atoms with Crippen molar-refractivity contribution >= 4 is 28.3 Å². The fraction of sp³-hybridized carbons (Fsp3) is 0.353. The van der Waals surface area contributed by atoms with Crippen LogP contribution in [0.3, 0.4) is 0 Å². The lowest BCUT2D eigenvalue weighted by Gasteiger charge is -2.23. The van der Waals surface area contributed by atoms with Crippen LogP contribution in [0.2, 0.25) is 0 Å². The second kappa shape index (κ2) is 7.87. The summed E-state index contributed by atoms with van der Waals surface area (Å²) in [5.74, 6) is -0.167. The van der Waals surface area contributed by atoms with E-state index >= 15 is 0 Å². The van der Waals surface area contributed by atoms with Gasteiger partial charge in [0.25, 0.3) is 5.91 Å². The monoisotopic (exact) mass is 331 g/mol. The van der Waals surface area contributed by atoms with Crippen LogP contribution in [-0.4, -0.2) is 34.8 Å². The van der Waals surface area contributed by atoms with Gasteiger partial charge in [-0.1, -0.05) is 25.1 Å². The van der Waals surface area contributed by atoms with Crippen LogP contribution in [0.4, 0.5) is 5.13 Å². The van der Waals surface area contributed by atoms with Crippen LogP contribution in [0.25, 0.3) is 0 Å². The van der Waals surface area contributed by atoms with E-state index in [-0.39, 0.29) is 24.3 Å². The molecule has 1 aromatic carbocycles. The Bertz CT molecular complexity index is 669. The van der Waals surface area contributed by atoms with Crippen molar-refractivity contribution in [2.45, 2.75) is 32.7 Å². The molecule has 0 fully saturated rings. The average Bonchev–Trinajstić information content (AvgIpc) is 3.00. The lowest BCUT2D eigenvalue weighted by Crippen LogP contribution is -2.35. The molecule has 6 heteroatoms. The van der Waals surface area contributed by atoms with Gasteiger partial charge in [0.2, 0.25) is 5.91 Å².